The van der Waals surface area contributed by atoms with Crippen LogP contribution in [0.15, 0.2) is 29.9 Å². The third-order valence-corrected chi connectivity index (χ3v) is 3.25. The third kappa shape index (κ3) is 2.30. The average Bonchev–Trinajstić information content (AvgIpc) is 2.87. The third-order valence-electron chi connectivity index (χ3n) is 2.33. The van der Waals surface area contributed by atoms with Crippen molar-refractivity contribution in [1.29, 1.82) is 0 Å². The topological polar surface area (TPSA) is 55.1 Å². The molecule has 0 fully saturated rings. The molecule has 0 saturated carbocycles. The van der Waals surface area contributed by atoms with Crippen LogP contribution in [0, 0.1) is 0 Å². The van der Waals surface area contributed by atoms with Crippen molar-refractivity contribution in [2.45, 2.75) is 19.4 Å². The minimum absolute atomic E-state index is 0.0888. The maximum Gasteiger partial charge on any atom is 0.305 e. The van der Waals surface area contributed by atoms with Gasteiger partial charge >= 0.3 is 5.97 Å². The minimum atomic E-state index is -0.805. The van der Waals surface area contributed by atoms with Crippen LogP contribution in [-0.4, -0.2) is 20.9 Å². The first kappa shape index (κ1) is 10.9. The standard InChI is InChI=1S/C11H12N2O2S/c1-8(5-11(14)15)13-7-9(6-12-13)10-3-2-4-16-10/h2-4,6-8H,5H2,1H3,(H,14,15). The van der Waals surface area contributed by atoms with Crippen molar-refractivity contribution in [3.8, 4) is 10.4 Å². The lowest BCUT2D eigenvalue weighted by molar-refractivity contribution is -0.137. The Hall–Kier alpha value is -1.62. The molecule has 1 unspecified atom stereocenters. The van der Waals surface area contributed by atoms with Crippen molar-refractivity contribution in [3.05, 3.63) is 29.9 Å². The number of carboxylic acids is 1. The second-order valence-electron chi connectivity index (χ2n) is 3.63. The average molecular weight is 236 g/mol. The number of thiophene rings is 1. The van der Waals surface area contributed by atoms with Crippen LogP contribution in [0.2, 0.25) is 0 Å². The van der Waals surface area contributed by atoms with Crippen LogP contribution >= 0.6 is 11.3 Å². The van der Waals surface area contributed by atoms with Gasteiger partial charge in [0.1, 0.15) is 0 Å². The maximum absolute atomic E-state index is 10.6. The number of aromatic nitrogens is 2. The largest absolute Gasteiger partial charge is 0.481 e. The van der Waals surface area contributed by atoms with Crippen molar-refractivity contribution in [2.75, 3.05) is 0 Å². The van der Waals surface area contributed by atoms with E-state index in [0.717, 1.165) is 10.4 Å². The number of rotatable bonds is 4. The summed E-state index contributed by atoms with van der Waals surface area (Å²) >= 11 is 1.65. The predicted molar refractivity (Wildman–Crippen MR) is 62.5 cm³/mol. The van der Waals surface area contributed by atoms with Gasteiger partial charge in [0.15, 0.2) is 0 Å². The summed E-state index contributed by atoms with van der Waals surface area (Å²) in [5.41, 5.74) is 1.03. The smallest absolute Gasteiger partial charge is 0.305 e. The molecule has 0 aliphatic heterocycles. The van der Waals surface area contributed by atoms with Gasteiger partial charge in [-0.2, -0.15) is 5.10 Å². The molecule has 1 atom stereocenters. The quantitative estimate of drug-likeness (QED) is 0.887. The van der Waals surface area contributed by atoms with E-state index in [1.807, 2.05) is 30.6 Å². The van der Waals surface area contributed by atoms with Crippen LogP contribution in [0.25, 0.3) is 10.4 Å². The molecule has 0 radical (unpaired) electrons. The van der Waals surface area contributed by atoms with Crippen molar-refractivity contribution >= 4 is 17.3 Å². The number of carbonyl (C=O) groups is 1. The first-order valence-corrected chi connectivity index (χ1v) is 5.84. The highest BCUT2D eigenvalue weighted by molar-refractivity contribution is 7.13. The lowest BCUT2D eigenvalue weighted by atomic mass is 10.2. The number of nitrogens with zero attached hydrogens (tertiary/aromatic N) is 2. The van der Waals surface area contributed by atoms with E-state index in [1.165, 1.54) is 0 Å². The second-order valence-corrected chi connectivity index (χ2v) is 4.58. The zero-order valence-electron chi connectivity index (χ0n) is 8.83. The highest BCUT2D eigenvalue weighted by Gasteiger charge is 2.11. The molecule has 16 heavy (non-hydrogen) atoms. The van der Waals surface area contributed by atoms with E-state index in [0.29, 0.717) is 0 Å². The zero-order chi connectivity index (χ0) is 11.5. The maximum atomic E-state index is 10.6. The summed E-state index contributed by atoms with van der Waals surface area (Å²) in [5.74, 6) is -0.805. The van der Waals surface area contributed by atoms with Gasteiger partial charge < -0.3 is 5.11 Å². The van der Waals surface area contributed by atoms with Gasteiger partial charge in [-0.1, -0.05) is 6.07 Å². The van der Waals surface area contributed by atoms with Gasteiger partial charge in [-0.05, 0) is 18.4 Å². The van der Waals surface area contributed by atoms with Crippen molar-refractivity contribution in [3.63, 3.8) is 0 Å². The van der Waals surface area contributed by atoms with Crippen LogP contribution in [0.3, 0.4) is 0 Å². The Morgan fingerprint density at radius 3 is 3.12 bits per heavy atom. The predicted octanol–water partition coefficient (Wildman–Crippen LogP) is 2.65. The van der Waals surface area contributed by atoms with E-state index in [-0.39, 0.29) is 12.5 Å². The highest BCUT2D eigenvalue weighted by atomic mass is 32.1. The molecule has 2 heterocycles. The van der Waals surface area contributed by atoms with Gasteiger partial charge in [0, 0.05) is 16.6 Å². The van der Waals surface area contributed by atoms with Crippen molar-refractivity contribution < 1.29 is 9.90 Å². The van der Waals surface area contributed by atoms with E-state index in [2.05, 4.69) is 5.10 Å². The van der Waals surface area contributed by atoms with E-state index < -0.39 is 5.97 Å². The molecule has 2 aromatic rings. The minimum Gasteiger partial charge on any atom is -0.481 e. The number of carboxylic acid groups (broad SMARTS) is 1. The molecule has 84 valence electrons. The van der Waals surface area contributed by atoms with Gasteiger partial charge in [0.25, 0.3) is 0 Å². The summed E-state index contributed by atoms with van der Waals surface area (Å²) in [6.07, 6.45) is 3.75. The molecular weight excluding hydrogens is 224 g/mol. The van der Waals surface area contributed by atoms with Crippen molar-refractivity contribution in [2.24, 2.45) is 0 Å². The first-order valence-electron chi connectivity index (χ1n) is 4.96. The van der Waals surface area contributed by atoms with Crippen LogP contribution in [0.4, 0.5) is 0 Å². The van der Waals surface area contributed by atoms with Crippen LogP contribution in [0.1, 0.15) is 19.4 Å². The van der Waals surface area contributed by atoms with Gasteiger partial charge in [0.05, 0.1) is 18.7 Å². The molecule has 2 aromatic heterocycles. The van der Waals surface area contributed by atoms with Crippen molar-refractivity contribution in [1.82, 2.24) is 9.78 Å². The van der Waals surface area contributed by atoms with E-state index in [4.69, 9.17) is 5.11 Å². The zero-order valence-corrected chi connectivity index (χ0v) is 9.65. The fourth-order valence-electron chi connectivity index (χ4n) is 1.50. The summed E-state index contributed by atoms with van der Waals surface area (Å²) in [7, 11) is 0. The van der Waals surface area contributed by atoms with E-state index >= 15 is 0 Å². The molecular formula is C11H12N2O2S. The molecule has 0 spiro atoms. The Kier molecular flexibility index (Phi) is 3.05. The SMILES string of the molecule is CC(CC(=O)O)n1cc(-c2cccs2)cn1. The summed E-state index contributed by atoms with van der Waals surface area (Å²) in [6.45, 7) is 1.85. The van der Waals surface area contributed by atoms with Gasteiger partial charge in [-0.3, -0.25) is 9.48 Å². The molecule has 0 aliphatic carbocycles. The Balaban J connectivity index is 2.16. The molecule has 0 saturated heterocycles. The molecule has 1 N–H and O–H groups in total. The monoisotopic (exact) mass is 236 g/mol. The number of aliphatic carboxylic acids is 1. The van der Waals surface area contributed by atoms with Crippen LogP contribution in [-0.2, 0) is 4.79 Å². The number of hydrogen-bond donors (Lipinski definition) is 1. The summed E-state index contributed by atoms with van der Waals surface area (Å²) in [6, 6.07) is 3.89. The lowest BCUT2D eigenvalue weighted by Gasteiger charge is -2.08. The molecule has 0 aromatic carbocycles. The Bertz CT molecular complexity index is 476. The molecule has 0 amide bonds. The van der Waals surface area contributed by atoms with Crippen LogP contribution < -0.4 is 0 Å². The second kappa shape index (κ2) is 4.49. The molecule has 0 bridgehead atoms. The Morgan fingerprint density at radius 1 is 1.69 bits per heavy atom. The fourth-order valence-corrected chi connectivity index (χ4v) is 2.20. The fraction of sp³-hybridized carbons (Fsp3) is 0.273. The molecule has 4 nitrogen and oxygen atoms in total. The summed E-state index contributed by atoms with van der Waals surface area (Å²) in [4.78, 5) is 11.7. The Labute approximate surface area is 97.2 Å². The van der Waals surface area contributed by atoms with Crippen LogP contribution in [0.5, 0.6) is 0 Å². The number of hydrogen-bond acceptors (Lipinski definition) is 3. The van der Waals surface area contributed by atoms with Gasteiger partial charge in [-0.15, -0.1) is 11.3 Å². The van der Waals surface area contributed by atoms with E-state index in [9.17, 15) is 4.79 Å². The lowest BCUT2D eigenvalue weighted by Crippen LogP contribution is -2.10. The molecule has 0 aliphatic rings. The van der Waals surface area contributed by atoms with Gasteiger partial charge in [-0.25, -0.2) is 0 Å². The molecule has 5 heteroatoms. The summed E-state index contributed by atoms with van der Waals surface area (Å²) < 4.78 is 1.70. The van der Waals surface area contributed by atoms with E-state index in [1.54, 1.807) is 22.2 Å². The Morgan fingerprint density at radius 2 is 2.50 bits per heavy atom. The molecule has 2 rings (SSSR count). The summed E-state index contributed by atoms with van der Waals surface area (Å²) in [5, 5.41) is 14.9. The highest BCUT2D eigenvalue weighted by Crippen LogP contribution is 2.25. The van der Waals surface area contributed by atoms with Gasteiger partial charge in [0.2, 0.25) is 0 Å². The normalized spacial score (nSPS) is 12.6. The first-order chi connectivity index (χ1) is 7.66.